The highest BCUT2D eigenvalue weighted by molar-refractivity contribution is 6.30. The third kappa shape index (κ3) is 3.21. The molecule has 0 atom stereocenters. The summed E-state index contributed by atoms with van der Waals surface area (Å²) in [5.41, 5.74) is 3.04. The molecule has 0 spiro atoms. The summed E-state index contributed by atoms with van der Waals surface area (Å²) in [6, 6.07) is 15.2. The number of benzene rings is 2. The molecule has 0 fully saturated rings. The smallest absolute Gasteiger partial charge is 0.326 e. The van der Waals surface area contributed by atoms with E-state index in [0.717, 1.165) is 16.6 Å². The van der Waals surface area contributed by atoms with Crippen LogP contribution in [0.1, 0.15) is 12.5 Å². The molecule has 24 heavy (non-hydrogen) atoms. The van der Waals surface area contributed by atoms with E-state index in [0.29, 0.717) is 18.2 Å². The first-order chi connectivity index (χ1) is 11.6. The van der Waals surface area contributed by atoms with Crippen LogP contribution in [0.5, 0.6) is 0 Å². The molecule has 1 heterocycles. The SMILES string of the molecule is CCOC(=O)Cn1c(=N)n(Cc2ccc(Cl)cc2)c2ccccc21. The first kappa shape index (κ1) is 16.3. The van der Waals surface area contributed by atoms with Gasteiger partial charge in [0.05, 0.1) is 24.2 Å². The van der Waals surface area contributed by atoms with E-state index in [9.17, 15) is 4.79 Å². The minimum absolute atomic E-state index is 0.0286. The molecule has 0 aliphatic carbocycles. The Balaban J connectivity index is 2.04. The fraction of sp³-hybridized carbons (Fsp3) is 0.222. The standard InChI is InChI=1S/C18H18ClN3O2/c1-2-24-17(23)12-22-16-6-4-3-5-15(16)21(18(22)20)11-13-7-9-14(19)10-8-13/h3-10,20H,2,11-12H2,1H3. The van der Waals surface area contributed by atoms with Crippen molar-refractivity contribution < 1.29 is 9.53 Å². The predicted octanol–water partition coefficient (Wildman–Crippen LogP) is 3.19. The normalized spacial score (nSPS) is 10.9. The molecule has 1 N–H and O–H groups in total. The maximum absolute atomic E-state index is 11.9. The van der Waals surface area contributed by atoms with Crippen molar-refractivity contribution in [1.29, 1.82) is 5.41 Å². The van der Waals surface area contributed by atoms with Gasteiger partial charge in [-0.25, -0.2) is 0 Å². The van der Waals surface area contributed by atoms with Crippen LogP contribution in [-0.4, -0.2) is 21.7 Å². The fourth-order valence-electron chi connectivity index (χ4n) is 2.72. The van der Waals surface area contributed by atoms with Gasteiger partial charge in [0.25, 0.3) is 0 Å². The van der Waals surface area contributed by atoms with Crippen LogP contribution in [0.4, 0.5) is 0 Å². The Hall–Kier alpha value is -2.53. The number of halogens is 1. The summed E-state index contributed by atoms with van der Waals surface area (Å²) in [6.45, 7) is 2.66. The largest absolute Gasteiger partial charge is 0.465 e. The lowest BCUT2D eigenvalue weighted by molar-refractivity contribution is -0.143. The second-order valence-corrected chi connectivity index (χ2v) is 5.85. The quantitative estimate of drug-likeness (QED) is 0.723. The number of hydrogen-bond donors (Lipinski definition) is 1. The molecule has 0 saturated carbocycles. The van der Waals surface area contributed by atoms with E-state index in [1.165, 1.54) is 0 Å². The zero-order valence-electron chi connectivity index (χ0n) is 13.3. The van der Waals surface area contributed by atoms with Crippen LogP contribution < -0.4 is 5.62 Å². The first-order valence-electron chi connectivity index (χ1n) is 7.73. The number of aromatic nitrogens is 2. The molecule has 6 heteroatoms. The Kier molecular flexibility index (Phi) is 4.71. The van der Waals surface area contributed by atoms with E-state index in [-0.39, 0.29) is 18.1 Å². The summed E-state index contributed by atoms with van der Waals surface area (Å²) in [5, 5.41) is 9.16. The lowest BCUT2D eigenvalue weighted by atomic mass is 10.2. The van der Waals surface area contributed by atoms with Crippen LogP contribution in [0.3, 0.4) is 0 Å². The average molecular weight is 344 g/mol. The number of carbonyl (C=O) groups is 1. The van der Waals surface area contributed by atoms with Gasteiger partial charge in [0, 0.05) is 5.02 Å². The lowest BCUT2D eigenvalue weighted by Gasteiger charge is -2.05. The van der Waals surface area contributed by atoms with Gasteiger partial charge in [0.15, 0.2) is 0 Å². The third-order valence-electron chi connectivity index (χ3n) is 3.82. The van der Waals surface area contributed by atoms with Gasteiger partial charge in [-0.1, -0.05) is 35.9 Å². The van der Waals surface area contributed by atoms with E-state index in [2.05, 4.69) is 0 Å². The van der Waals surface area contributed by atoms with E-state index >= 15 is 0 Å². The number of carbonyl (C=O) groups excluding carboxylic acids is 1. The Labute approximate surface area is 144 Å². The van der Waals surface area contributed by atoms with Crippen molar-refractivity contribution in [2.45, 2.75) is 20.0 Å². The number of rotatable bonds is 5. The van der Waals surface area contributed by atoms with Gasteiger partial charge in [-0.3, -0.25) is 14.8 Å². The van der Waals surface area contributed by atoms with Crippen molar-refractivity contribution in [2.24, 2.45) is 0 Å². The van der Waals surface area contributed by atoms with Crippen LogP contribution in [-0.2, 0) is 22.6 Å². The molecule has 0 bridgehead atoms. The molecular formula is C18H18ClN3O2. The molecule has 0 aliphatic heterocycles. The van der Waals surface area contributed by atoms with E-state index in [1.807, 2.05) is 53.1 Å². The summed E-state index contributed by atoms with van der Waals surface area (Å²) in [6.07, 6.45) is 0. The highest BCUT2D eigenvalue weighted by Gasteiger charge is 2.14. The number of nitrogens with zero attached hydrogens (tertiary/aromatic N) is 2. The molecule has 0 radical (unpaired) electrons. The van der Waals surface area contributed by atoms with Crippen molar-refractivity contribution in [3.8, 4) is 0 Å². The Bertz CT molecular complexity index is 926. The Morgan fingerprint density at radius 3 is 2.33 bits per heavy atom. The molecule has 0 aliphatic rings. The lowest BCUT2D eigenvalue weighted by Crippen LogP contribution is -2.28. The topological polar surface area (TPSA) is 60.0 Å². The Morgan fingerprint density at radius 1 is 1.08 bits per heavy atom. The van der Waals surface area contributed by atoms with Gasteiger partial charge in [0.1, 0.15) is 6.54 Å². The molecular weight excluding hydrogens is 326 g/mol. The van der Waals surface area contributed by atoms with Crippen molar-refractivity contribution in [3.05, 3.63) is 64.7 Å². The van der Waals surface area contributed by atoms with Crippen LogP contribution in [0.2, 0.25) is 5.02 Å². The Morgan fingerprint density at radius 2 is 1.71 bits per heavy atom. The van der Waals surface area contributed by atoms with Crippen molar-refractivity contribution in [3.63, 3.8) is 0 Å². The maximum atomic E-state index is 11.9. The second-order valence-electron chi connectivity index (χ2n) is 5.42. The van der Waals surface area contributed by atoms with Crippen molar-refractivity contribution >= 4 is 28.6 Å². The maximum Gasteiger partial charge on any atom is 0.326 e. The van der Waals surface area contributed by atoms with Crippen molar-refractivity contribution in [1.82, 2.24) is 9.13 Å². The van der Waals surface area contributed by atoms with Crippen molar-refractivity contribution in [2.75, 3.05) is 6.61 Å². The zero-order chi connectivity index (χ0) is 17.1. The van der Waals surface area contributed by atoms with Crippen LogP contribution >= 0.6 is 11.6 Å². The zero-order valence-corrected chi connectivity index (χ0v) is 14.1. The molecule has 2 aromatic carbocycles. The van der Waals surface area contributed by atoms with E-state index < -0.39 is 0 Å². The molecule has 3 aromatic rings. The number of ether oxygens (including phenoxy) is 1. The predicted molar refractivity (Wildman–Crippen MR) is 93.0 cm³/mol. The second kappa shape index (κ2) is 6.93. The summed E-state index contributed by atoms with van der Waals surface area (Å²) >= 11 is 5.93. The molecule has 3 rings (SSSR count). The number of para-hydroxylation sites is 2. The number of nitrogens with one attached hydrogen (secondary N) is 1. The average Bonchev–Trinajstić information content (AvgIpc) is 2.83. The molecule has 5 nitrogen and oxygen atoms in total. The van der Waals surface area contributed by atoms with Gasteiger partial charge in [-0.2, -0.15) is 0 Å². The summed E-state index contributed by atoms with van der Waals surface area (Å²) in [7, 11) is 0. The first-order valence-corrected chi connectivity index (χ1v) is 8.10. The van der Waals surface area contributed by atoms with Crippen LogP contribution in [0, 0.1) is 5.41 Å². The number of imidazole rings is 1. The van der Waals surface area contributed by atoms with Gasteiger partial charge in [-0.05, 0) is 36.8 Å². The molecule has 0 amide bonds. The molecule has 0 unspecified atom stereocenters. The number of esters is 1. The molecule has 124 valence electrons. The number of fused-ring (bicyclic) bond motifs is 1. The molecule has 0 saturated heterocycles. The van der Waals surface area contributed by atoms with Gasteiger partial charge in [-0.15, -0.1) is 0 Å². The van der Waals surface area contributed by atoms with Gasteiger partial charge >= 0.3 is 5.97 Å². The summed E-state index contributed by atoms with van der Waals surface area (Å²) < 4.78 is 8.57. The van der Waals surface area contributed by atoms with Gasteiger partial charge in [0.2, 0.25) is 5.62 Å². The minimum atomic E-state index is -0.342. The monoisotopic (exact) mass is 343 g/mol. The van der Waals surface area contributed by atoms with E-state index in [1.54, 1.807) is 11.5 Å². The van der Waals surface area contributed by atoms with Crippen LogP contribution in [0.15, 0.2) is 48.5 Å². The van der Waals surface area contributed by atoms with Crippen LogP contribution in [0.25, 0.3) is 11.0 Å². The summed E-state index contributed by atoms with van der Waals surface area (Å²) in [5.74, 6) is -0.342. The minimum Gasteiger partial charge on any atom is -0.465 e. The van der Waals surface area contributed by atoms with Gasteiger partial charge < -0.3 is 9.30 Å². The number of hydrogen-bond acceptors (Lipinski definition) is 3. The van der Waals surface area contributed by atoms with E-state index in [4.69, 9.17) is 21.7 Å². The molecule has 1 aromatic heterocycles. The third-order valence-corrected chi connectivity index (χ3v) is 4.07. The highest BCUT2D eigenvalue weighted by Crippen LogP contribution is 2.16. The summed E-state index contributed by atoms with van der Waals surface area (Å²) in [4.78, 5) is 11.9. The highest BCUT2D eigenvalue weighted by atomic mass is 35.5. The fourth-order valence-corrected chi connectivity index (χ4v) is 2.85.